The highest BCUT2D eigenvalue weighted by Crippen LogP contribution is 2.36. The number of nitrogens with zero attached hydrogens (tertiary/aromatic N) is 3. The topological polar surface area (TPSA) is 81.5 Å². The van der Waals surface area contributed by atoms with E-state index in [2.05, 4.69) is 4.98 Å². The molecule has 34 heavy (non-hydrogen) atoms. The average molecular weight is 474 g/mol. The number of hydrogen-bond donors (Lipinski definition) is 0. The number of Topliss-reactive ketones (excluding diaryl/α,β-unsaturated/α-hetero) is 1. The van der Waals surface area contributed by atoms with Gasteiger partial charge in [-0.05, 0) is 44.5 Å². The van der Waals surface area contributed by atoms with Crippen LogP contribution < -0.4 is 15.2 Å². The maximum Gasteiger partial charge on any atom is 0.265 e. The zero-order chi connectivity index (χ0) is 24.0. The summed E-state index contributed by atoms with van der Waals surface area (Å²) >= 11 is 1.47. The Morgan fingerprint density at radius 3 is 2.68 bits per heavy atom. The van der Waals surface area contributed by atoms with Crippen molar-refractivity contribution in [2.75, 3.05) is 18.1 Å². The van der Waals surface area contributed by atoms with Gasteiger partial charge in [0, 0.05) is 22.5 Å². The maximum atomic E-state index is 13.6. The first kappa shape index (κ1) is 22.0. The number of benzene rings is 2. The van der Waals surface area contributed by atoms with Crippen molar-refractivity contribution in [2.45, 2.75) is 26.8 Å². The van der Waals surface area contributed by atoms with Gasteiger partial charge >= 0.3 is 0 Å². The summed E-state index contributed by atoms with van der Waals surface area (Å²) in [5.41, 5.74) is 2.52. The molecule has 2 aromatic heterocycles. The first-order chi connectivity index (χ1) is 16.4. The van der Waals surface area contributed by atoms with Crippen molar-refractivity contribution in [3.63, 3.8) is 0 Å². The molecule has 4 aromatic rings. The number of thiophene rings is 1. The van der Waals surface area contributed by atoms with Crippen LogP contribution in [0, 0.1) is 6.92 Å². The van der Waals surface area contributed by atoms with Gasteiger partial charge in [-0.15, -0.1) is 11.3 Å². The predicted molar refractivity (Wildman–Crippen MR) is 133 cm³/mol. The zero-order valence-corrected chi connectivity index (χ0v) is 19.9. The highest BCUT2D eigenvalue weighted by molar-refractivity contribution is 7.19. The van der Waals surface area contributed by atoms with Crippen molar-refractivity contribution < 1.29 is 14.3 Å². The third-order valence-electron chi connectivity index (χ3n) is 6.18. The molecule has 0 radical (unpaired) electrons. The normalized spacial score (nSPS) is 14.1. The minimum Gasteiger partial charge on any atom is -0.482 e. The number of ketones is 1. The van der Waals surface area contributed by atoms with Gasteiger partial charge in [-0.1, -0.05) is 30.3 Å². The number of ether oxygens (including phenoxy) is 1. The Bertz CT molecular complexity index is 1490. The van der Waals surface area contributed by atoms with E-state index in [-0.39, 0.29) is 23.9 Å². The molecular formula is C26H23N3O4S. The largest absolute Gasteiger partial charge is 0.482 e. The van der Waals surface area contributed by atoms with E-state index in [0.29, 0.717) is 33.8 Å². The SMILES string of the molecule is CCN1C(=O)COc2ccc(C(=O)C(C)n3cnc4sc(C)c(-c5ccccc5)c4c3=O)cc21. The quantitative estimate of drug-likeness (QED) is 0.395. The van der Waals surface area contributed by atoms with E-state index < -0.39 is 6.04 Å². The summed E-state index contributed by atoms with van der Waals surface area (Å²) in [5, 5.41) is 0.525. The maximum absolute atomic E-state index is 13.6. The number of rotatable bonds is 5. The second-order valence-electron chi connectivity index (χ2n) is 8.19. The lowest BCUT2D eigenvalue weighted by atomic mass is 10.0. The van der Waals surface area contributed by atoms with Crippen molar-refractivity contribution in [3.8, 4) is 16.9 Å². The summed E-state index contributed by atoms with van der Waals surface area (Å²) in [4.78, 5) is 47.0. The number of amides is 1. The molecule has 1 aliphatic rings. The van der Waals surface area contributed by atoms with Gasteiger partial charge in [-0.3, -0.25) is 19.0 Å². The smallest absolute Gasteiger partial charge is 0.265 e. The fourth-order valence-corrected chi connectivity index (χ4v) is 5.42. The van der Waals surface area contributed by atoms with E-state index in [0.717, 1.165) is 16.0 Å². The Hall–Kier alpha value is -3.78. The third-order valence-corrected chi connectivity index (χ3v) is 7.19. The van der Waals surface area contributed by atoms with Crippen molar-refractivity contribution in [1.82, 2.24) is 9.55 Å². The lowest BCUT2D eigenvalue weighted by molar-refractivity contribution is -0.121. The number of hydrogen-bond acceptors (Lipinski definition) is 6. The van der Waals surface area contributed by atoms with Gasteiger partial charge in [0.05, 0.1) is 23.4 Å². The Labute approximate surface area is 200 Å². The molecule has 3 heterocycles. The molecule has 0 saturated heterocycles. The molecule has 0 N–H and O–H groups in total. The molecule has 1 atom stereocenters. The number of aryl methyl sites for hydroxylation is 1. The molecule has 0 bridgehead atoms. The van der Waals surface area contributed by atoms with E-state index in [1.54, 1.807) is 30.0 Å². The van der Waals surface area contributed by atoms with Crippen LogP contribution >= 0.6 is 11.3 Å². The van der Waals surface area contributed by atoms with E-state index in [1.807, 2.05) is 44.2 Å². The van der Waals surface area contributed by atoms with Crippen LogP contribution in [0.25, 0.3) is 21.3 Å². The number of fused-ring (bicyclic) bond motifs is 2. The van der Waals surface area contributed by atoms with Crippen molar-refractivity contribution in [1.29, 1.82) is 0 Å². The minimum absolute atomic E-state index is 0.0184. The van der Waals surface area contributed by atoms with Gasteiger partial charge in [0.2, 0.25) is 0 Å². The minimum atomic E-state index is -0.776. The fourth-order valence-electron chi connectivity index (χ4n) is 4.41. The zero-order valence-electron chi connectivity index (χ0n) is 19.1. The number of aromatic nitrogens is 2. The molecular weight excluding hydrogens is 450 g/mol. The molecule has 1 unspecified atom stereocenters. The summed E-state index contributed by atoms with van der Waals surface area (Å²) in [7, 11) is 0. The molecule has 1 aliphatic heterocycles. The van der Waals surface area contributed by atoms with Crippen molar-refractivity contribution in [2.24, 2.45) is 0 Å². The standard InChI is InChI=1S/C26H23N3O4S/c1-4-28-19-12-18(10-11-20(19)33-13-21(28)30)24(31)15(2)29-14-27-25-23(26(29)32)22(16(3)34-25)17-8-6-5-7-9-17/h5-12,14-15H,4,13H2,1-3H3. The van der Waals surface area contributed by atoms with Gasteiger partial charge < -0.3 is 9.64 Å². The molecule has 1 amide bonds. The van der Waals surface area contributed by atoms with Crippen LogP contribution in [-0.4, -0.2) is 34.4 Å². The average Bonchev–Trinajstić information content (AvgIpc) is 3.20. The first-order valence-corrected chi connectivity index (χ1v) is 11.9. The summed E-state index contributed by atoms with van der Waals surface area (Å²) < 4.78 is 6.90. The van der Waals surface area contributed by atoms with Crippen LogP contribution in [0.4, 0.5) is 5.69 Å². The lowest BCUT2D eigenvalue weighted by Crippen LogP contribution is -2.38. The molecule has 0 fully saturated rings. The van der Waals surface area contributed by atoms with Crippen molar-refractivity contribution in [3.05, 3.63) is 75.7 Å². The van der Waals surface area contributed by atoms with Crippen molar-refractivity contribution >= 4 is 38.9 Å². The van der Waals surface area contributed by atoms with Crippen LogP contribution in [0.3, 0.4) is 0 Å². The van der Waals surface area contributed by atoms with E-state index >= 15 is 0 Å². The first-order valence-electron chi connectivity index (χ1n) is 11.1. The van der Waals surface area contributed by atoms with Gasteiger partial charge in [-0.2, -0.15) is 0 Å². The van der Waals surface area contributed by atoms with Crippen LogP contribution in [-0.2, 0) is 4.79 Å². The second kappa shape index (κ2) is 8.53. The third kappa shape index (κ3) is 3.51. The van der Waals surface area contributed by atoms with Crippen LogP contribution in [0.1, 0.15) is 35.1 Å². The van der Waals surface area contributed by atoms with E-state index in [4.69, 9.17) is 4.74 Å². The highest BCUT2D eigenvalue weighted by atomic mass is 32.1. The van der Waals surface area contributed by atoms with Crippen LogP contribution in [0.5, 0.6) is 5.75 Å². The van der Waals surface area contributed by atoms with Crippen LogP contribution in [0.15, 0.2) is 59.7 Å². The lowest BCUT2D eigenvalue weighted by Gasteiger charge is -2.28. The van der Waals surface area contributed by atoms with E-state index in [1.165, 1.54) is 22.2 Å². The molecule has 2 aromatic carbocycles. The second-order valence-corrected chi connectivity index (χ2v) is 9.39. The Morgan fingerprint density at radius 2 is 1.94 bits per heavy atom. The van der Waals surface area contributed by atoms with Gasteiger partial charge in [0.1, 0.15) is 10.6 Å². The fraction of sp³-hybridized carbons (Fsp3) is 0.231. The number of carbonyl (C=O) groups excluding carboxylic acids is 2. The summed E-state index contributed by atoms with van der Waals surface area (Å²) in [6.45, 7) is 6.00. The monoisotopic (exact) mass is 473 g/mol. The number of anilines is 1. The summed E-state index contributed by atoms with van der Waals surface area (Å²) in [5.74, 6) is 0.167. The highest BCUT2D eigenvalue weighted by Gasteiger charge is 2.27. The Balaban J connectivity index is 1.57. The van der Waals surface area contributed by atoms with Crippen LogP contribution in [0.2, 0.25) is 0 Å². The molecule has 0 aliphatic carbocycles. The van der Waals surface area contributed by atoms with Gasteiger partial charge in [-0.25, -0.2) is 4.98 Å². The van der Waals surface area contributed by atoms with Gasteiger partial charge in [0.25, 0.3) is 11.5 Å². The summed E-state index contributed by atoms with van der Waals surface area (Å²) in [6.07, 6.45) is 1.45. The molecule has 5 rings (SSSR count). The number of carbonyl (C=O) groups is 2. The molecule has 172 valence electrons. The summed E-state index contributed by atoms with van der Waals surface area (Å²) in [6, 6.07) is 14.0. The molecule has 7 nitrogen and oxygen atoms in total. The van der Waals surface area contributed by atoms with Gasteiger partial charge in [0.15, 0.2) is 12.4 Å². The Kier molecular flexibility index (Phi) is 5.53. The van der Waals surface area contributed by atoms with E-state index in [9.17, 15) is 14.4 Å². The number of likely N-dealkylation sites (N-methyl/N-ethyl adjacent to an activating group) is 1. The molecule has 0 spiro atoms. The molecule has 8 heteroatoms. The Morgan fingerprint density at radius 1 is 1.18 bits per heavy atom. The molecule has 0 saturated carbocycles. The predicted octanol–water partition coefficient (Wildman–Crippen LogP) is 4.62.